The van der Waals surface area contributed by atoms with Crippen molar-refractivity contribution in [1.82, 2.24) is 0 Å². The molecule has 0 aromatic rings. The summed E-state index contributed by atoms with van der Waals surface area (Å²) < 4.78 is 4.51. The first kappa shape index (κ1) is 12.6. The standard InChI is InChI=1S/C9H14O5/c1-3-4-8(12)14-9(13)6(2)5-7(10)11/h8,12H,2-5H2,1H3,(H,10,11). The highest BCUT2D eigenvalue weighted by Crippen LogP contribution is 2.05. The Morgan fingerprint density at radius 3 is 2.50 bits per heavy atom. The maximum Gasteiger partial charge on any atom is 0.336 e. The van der Waals surface area contributed by atoms with Crippen LogP contribution < -0.4 is 0 Å². The Labute approximate surface area is 82.0 Å². The molecule has 0 amide bonds. The predicted octanol–water partition coefficient (Wildman–Crippen LogP) is 0.679. The molecule has 0 spiro atoms. The highest BCUT2D eigenvalue weighted by molar-refractivity contribution is 5.92. The molecule has 0 aromatic carbocycles. The average Bonchev–Trinajstić information content (AvgIpc) is 2.02. The van der Waals surface area contributed by atoms with Gasteiger partial charge in [0, 0.05) is 12.0 Å². The van der Waals surface area contributed by atoms with E-state index in [9.17, 15) is 9.59 Å². The summed E-state index contributed by atoms with van der Waals surface area (Å²) in [7, 11) is 0. The summed E-state index contributed by atoms with van der Waals surface area (Å²) in [6, 6.07) is 0. The molecular weight excluding hydrogens is 188 g/mol. The third kappa shape index (κ3) is 5.31. The molecule has 2 N–H and O–H groups in total. The van der Waals surface area contributed by atoms with Gasteiger partial charge in [0.2, 0.25) is 6.29 Å². The van der Waals surface area contributed by atoms with Gasteiger partial charge in [-0.1, -0.05) is 19.9 Å². The number of carboxylic acid groups (broad SMARTS) is 1. The number of esters is 1. The summed E-state index contributed by atoms with van der Waals surface area (Å²) in [5, 5.41) is 17.4. The quantitative estimate of drug-likeness (QED) is 0.376. The van der Waals surface area contributed by atoms with Crippen molar-refractivity contribution in [3.8, 4) is 0 Å². The number of carbonyl (C=O) groups is 2. The van der Waals surface area contributed by atoms with Crippen molar-refractivity contribution in [3.63, 3.8) is 0 Å². The number of aliphatic hydroxyl groups excluding tert-OH is 1. The van der Waals surface area contributed by atoms with Crippen LogP contribution in [0.5, 0.6) is 0 Å². The van der Waals surface area contributed by atoms with Crippen molar-refractivity contribution in [2.75, 3.05) is 0 Å². The molecule has 0 saturated heterocycles. The van der Waals surface area contributed by atoms with E-state index in [0.29, 0.717) is 12.8 Å². The van der Waals surface area contributed by atoms with E-state index < -0.39 is 24.6 Å². The Morgan fingerprint density at radius 1 is 1.50 bits per heavy atom. The second kappa shape index (κ2) is 6.15. The van der Waals surface area contributed by atoms with Crippen molar-refractivity contribution in [1.29, 1.82) is 0 Å². The van der Waals surface area contributed by atoms with E-state index in [4.69, 9.17) is 10.2 Å². The van der Waals surface area contributed by atoms with Crippen LogP contribution in [0.15, 0.2) is 12.2 Å². The lowest BCUT2D eigenvalue weighted by molar-refractivity contribution is -0.164. The molecule has 0 fully saturated rings. The first-order valence-electron chi connectivity index (χ1n) is 4.26. The van der Waals surface area contributed by atoms with Crippen molar-refractivity contribution < 1.29 is 24.5 Å². The molecule has 0 bridgehead atoms. The van der Waals surface area contributed by atoms with Crippen LogP contribution in [0.3, 0.4) is 0 Å². The van der Waals surface area contributed by atoms with Gasteiger partial charge in [-0.25, -0.2) is 4.79 Å². The van der Waals surface area contributed by atoms with Crippen LogP contribution in [-0.4, -0.2) is 28.4 Å². The fraction of sp³-hybridized carbons (Fsp3) is 0.556. The Morgan fingerprint density at radius 2 is 2.07 bits per heavy atom. The molecular formula is C9H14O5. The summed E-state index contributed by atoms with van der Waals surface area (Å²) in [5.74, 6) is -2.02. The van der Waals surface area contributed by atoms with Crippen LogP contribution >= 0.6 is 0 Å². The van der Waals surface area contributed by atoms with Crippen LogP contribution in [0.2, 0.25) is 0 Å². The highest BCUT2D eigenvalue weighted by Gasteiger charge is 2.15. The molecule has 0 rings (SSSR count). The lowest BCUT2D eigenvalue weighted by atomic mass is 10.2. The predicted molar refractivity (Wildman–Crippen MR) is 48.4 cm³/mol. The number of hydrogen-bond acceptors (Lipinski definition) is 4. The summed E-state index contributed by atoms with van der Waals surface area (Å²) in [4.78, 5) is 21.2. The zero-order valence-corrected chi connectivity index (χ0v) is 8.02. The summed E-state index contributed by atoms with van der Waals surface area (Å²) >= 11 is 0. The van der Waals surface area contributed by atoms with Crippen molar-refractivity contribution >= 4 is 11.9 Å². The van der Waals surface area contributed by atoms with E-state index in [1.54, 1.807) is 0 Å². The van der Waals surface area contributed by atoms with Gasteiger partial charge in [-0.2, -0.15) is 0 Å². The maximum absolute atomic E-state index is 11.0. The van der Waals surface area contributed by atoms with Gasteiger partial charge in [0.25, 0.3) is 0 Å². The van der Waals surface area contributed by atoms with E-state index in [-0.39, 0.29) is 5.57 Å². The molecule has 14 heavy (non-hydrogen) atoms. The lowest BCUT2D eigenvalue weighted by Gasteiger charge is -2.11. The van der Waals surface area contributed by atoms with Gasteiger partial charge in [-0.3, -0.25) is 4.79 Å². The number of hydrogen-bond donors (Lipinski definition) is 2. The van der Waals surface area contributed by atoms with Gasteiger partial charge < -0.3 is 14.9 Å². The molecule has 80 valence electrons. The van der Waals surface area contributed by atoms with Crippen LogP contribution in [-0.2, 0) is 14.3 Å². The SMILES string of the molecule is C=C(CC(=O)O)C(=O)OC(O)CCC. The summed E-state index contributed by atoms with van der Waals surface area (Å²) in [6.07, 6.45) is -0.665. The Hall–Kier alpha value is -1.36. The minimum absolute atomic E-state index is 0.173. The topological polar surface area (TPSA) is 83.8 Å². The van der Waals surface area contributed by atoms with E-state index in [1.165, 1.54) is 0 Å². The molecule has 1 unspecified atom stereocenters. The second-order valence-electron chi connectivity index (χ2n) is 2.82. The third-order valence-electron chi connectivity index (χ3n) is 1.43. The van der Waals surface area contributed by atoms with Crippen molar-refractivity contribution in [2.45, 2.75) is 32.5 Å². The fourth-order valence-corrected chi connectivity index (χ4v) is 0.767. The van der Waals surface area contributed by atoms with E-state index in [0.717, 1.165) is 0 Å². The van der Waals surface area contributed by atoms with Gasteiger partial charge in [0.1, 0.15) is 0 Å². The minimum Gasteiger partial charge on any atom is -0.481 e. The van der Waals surface area contributed by atoms with Gasteiger partial charge in [-0.05, 0) is 0 Å². The Kier molecular flexibility index (Phi) is 5.55. The zero-order valence-electron chi connectivity index (χ0n) is 8.02. The largest absolute Gasteiger partial charge is 0.481 e. The first-order chi connectivity index (χ1) is 6.47. The molecule has 0 aliphatic carbocycles. The van der Waals surface area contributed by atoms with Gasteiger partial charge in [0.15, 0.2) is 0 Å². The number of carbonyl (C=O) groups excluding carboxylic acids is 1. The smallest absolute Gasteiger partial charge is 0.336 e. The summed E-state index contributed by atoms with van der Waals surface area (Å²) in [5.41, 5.74) is -0.173. The normalized spacial score (nSPS) is 11.9. The molecule has 0 aliphatic heterocycles. The molecule has 0 aliphatic rings. The lowest BCUT2D eigenvalue weighted by Crippen LogP contribution is -2.19. The second-order valence-corrected chi connectivity index (χ2v) is 2.82. The van der Waals surface area contributed by atoms with Gasteiger partial charge in [-0.15, -0.1) is 0 Å². The number of rotatable bonds is 6. The van der Waals surface area contributed by atoms with Crippen molar-refractivity contribution in [2.24, 2.45) is 0 Å². The molecule has 0 radical (unpaired) electrons. The first-order valence-corrected chi connectivity index (χ1v) is 4.26. The van der Waals surface area contributed by atoms with Crippen LogP contribution in [0.25, 0.3) is 0 Å². The van der Waals surface area contributed by atoms with Crippen molar-refractivity contribution in [3.05, 3.63) is 12.2 Å². The minimum atomic E-state index is -1.18. The molecule has 5 heteroatoms. The molecule has 0 saturated carbocycles. The van der Waals surface area contributed by atoms with Gasteiger partial charge >= 0.3 is 11.9 Å². The number of carboxylic acids is 1. The van der Waals surface area contributed by atoms with E-state index >= 15 is 0 Å². The zero-order chi connectivity index (χ0) is 11.1. The Bertz CT molecular complexity index is 233. The summed E-state index contributed by atoms with van der Waals surface area (Å²) in [6.45, 7) is 5.06. The van der Waals surface area contributed by atoms with E-state index in [2.05, 4.69) is 11.3 Å². The number of ether oxygens (including phenoxy) is 1. The average molecular weight is 202 g/mol. The fourth-order valence-electron chi connectivity index (χ4n) is 0.767. The van der Waals surface area contributed by atoms with Crippen LogP contribution in [0.4, 0.5) is 0 Å². The molecule has 1 atom stereocenters. The highest BCUT2D eigenvalue weighted by atomic mass is 16.6. The number of aliphatic carboxylic acids is 1. The molecule has 5 nitrogen and oxygen atoms in total. The number of aliphatic hydroxyl groups is 1. The Balaban J connectivity index is 3.95. The van der Waals surface area contributed by atoms with Crippen LogP contribution in [0.1, 0.15) is 26.2 Å². The third-order valence-corrected chi connectivity index (χ3v) is 1.43. The van der Waals surface area contributed by atoms with Gasteiger partial charge in [0.05, 0.1) is 6.42 Å². The maximum atomic E-state index is 11.0. The monoisotopic (exact) mass is 202 g/mol. The molecule has 0 aromatic heterocycles. The van der Waals surface area contributed by atoms with E-state index in [1.807, 2.05) is 6.92 Å². The molecule has 0 heterocycles. The van der Waals surface area contributed by atoms with Crippen LogP contribution in [0, 0.1) is 0 Å².